The predicted octanol–water partition coefficient (Wildman–Crippen LogP) is 3.82. The quantitative estimate of drug-likeness (QED) is 0.766. The lowest BCUT2D eigenvalue weighted by Crippen LogP contribution is -2.36. The summed E-state index contributed by atoms with van der Waals surface area (Å²) >= 11 is 0. The number of anilines is 1. The van der Waals surface area contributed by atoms with Gasteiger partial charge in [0.05, 0.1) is 6.42 Å². The first-order valence-corrected chi connectivity index (χ1v) is 9.67. The van der Waals surface area contributed by atoms with Gasteiger partial charge in [0.15, 0.2) is 0 Å². The van der Waals surface area contributed by atoms with E-state index >= 15 is 0 Å². The van der Waals surface area contributed by atoms with E-state index in [1.54, 1.807) is 11.9 Å². The van der Waals surface area contributed by atoms with Crippen molar-refractivity contribution in [2.75, 3.05) is 12.4 Å². The number of aliphatic carboxylic acids is 1. The van der Waals surface area contributed by atoms with Crippen LogP contribution in [-0.2, 0) is 28.0 Å². The Hall–Kier alpha value is -2.82. The molecule has 5 heteroatoms. The number of hydrogen-bond donors (Lipinski definition) is 2. The zero-order valence-corrected chi connectivity index (χ0v) is 16.7. The second kappa shape index (κ2) is 8.05. The highest BCUT2D eigenvalue weighted by Crippen LogP contribution is 2.39. The Bertz CT molecular complexity index is 858. The molecule has 2 aromatic carbocycles. The summed E-state index contributed by atoms with van der Waals surface area (Å²) in [5.74, 6) is -1.11. The topological polar surface area (TPSA) is 69.6 Å². The molecule has 28 heavy (non-hydrogen) atoms. The number of hydrogen-bond acceptors (Lipinski definition) is 3. The minimum absolute atomic E-state index is 0.0306. The summed E-state index contributed by atoms with van der Waals surface area (Å²) in [5, 5.41) is 12.4. The molecule has 2 aromatic rings. The maximum absolute atomic E-state index is 12.0. The van der Waals surface area contributed by atoms with Gasteiger partial charge in [-0.05, 0) is 35.2 Å². The number of carboxylic acid groups (broad SMARTS) is 1. The number of benzene rings is 2. The van der Waals surface area contributed by atoms with Crippen LogP contribution in [0.4, 0.5) is 5.69 Å². The van der Waals surface area contributed by atoms with E-state index in [0.29, 0.717) is 12.6 Å². The summed E-state index contributed by atoms with van der Waals surface area (Å²) in [5.41, 5.74) is 4.96. The third kappa shape index (κ3) is 4.35. The first-order chi connectivity index (χ1) is 13.3. The SMILES string of the molecule is CN(Cc1ccc(NC2Cc3ccccc3C2(C)C)cc1)C(=O)CCC(=O)O. The van der Waals surface area contributed by atoms with E-state index < -0.39 is 5.97 Å². The molecule has 0 aromatic heterocycles. The van der Waals surface area contributed by atoms with E-state index in [4.69, 9.17) is 5.11 Å². The minimum atomic E-state index is -0.950. The van der Waals surface area contributed by atoms with Crippen LogP contribution in [0.15, 0.2) is 48.5 Å². The standard InChI is InChI=1S/C23H28N2O3/c1-23(2)19-7-5-4-6-17(19)14-20(23)24-18-10-8-16(9-11-18)15-25(3)21(26)12-13-22(27)28/h4-11,20,24H,12-15H2,1-3H3,(H,27,28). The Kier molecular flexibility index (Phi) is 5.73. The smallest absolute Gasteiger partial charge is 0.303 e. The van der Waals surface area contributed by atoms with Crippen LogP contribution in [0.2, 0.25) is 0 Å². The number of fused-ring (bicyclic) bond motifs is 1. The number of carbonyl (C=O) groups is 2. The van der Waals surface area contributed by atoms with Gasteiger partial charge in [-0.2, -0.15) is 0 Å². The molecule has 0 heterocycles. The van der Waals surface area contributed by atoms with Crippen LogP contribution >= 0.6 is 0 Å². The fourth-order valence-electron chi connectivity index (χ4n) is 3.90. The Morgan fingerprint density at radius 3 is 2.43 bits per heavy atom. The summed E-state index contributed by atoms with van der Waals surface area (Å²) in [6.07, 6.45) is 0.903. The Balaban J connectivity index is 1.59. The molecule has 5 nitrogen and oxygen atoms in total. The molecule has 148 valence electrons. The van der Waals surface area contributed by atoms with Crippen molar-refractivity contribution in [2.45, 2.75) is 51.1 Å². The van der Waals surface area contributed by atoms with Crippen LogP contribution in [0.1, 0.15) is 43.4 Å². The van der Waals surface area contributed by atoms with Crippen molar-refractivity contribution >= 4 is 17.6 Å². The van der Waals surface area contributed by atoms with E-state index in [-0.39, 0.29) is 24.2 Å². The van der Waals surface area contributed by atoms with Gasteiger partial charge in [0.1, 0.15) is 0 Å². The number of carboxylic acids is 1. The average Bonchev–Trinajstić information content (AvgIpc) is 2.91. The van der Waals surface area contributed by atoms with Crippen molar-refractivity contribution in [3.05, 3.63) is 65.2 Å². The van der Waals surface area contributed by atoms with Crippen molar-refractivity contribution in [1.29, 1.82) is 0 Å². The van der Waals surface area contributed by atoms with Crippen molar-refractivity contribution in [3.8, 4) is 0 Å². The highest BCUT2D eigenvalue weighted by molar-refractivity contribution is 5.80. The molecule has 0 radical (unpaired) electrons. The van der Waals surface area contributed by atoms with E-state index in [0.717, 1.165) is 17.7 Å². The Morgan fingerprint density at radius 2 is 1.79 bits per heavy atom. The molecule has 0 aliphatic heterocycles. The predicted molar refractivity (Wildman–Crippen MR) is 110 cm³/mol. The number of nitrogens with zero attached hydrogens (tertiary/aromatic N) is 1. The molecular formula is C23H28N2O3. The maximum Gasteiger partial charge on any atom is 0.303 e. The molecule has 0 saturated heterocycles. The van der Waals surface area contributed by atoms with Gasteiger partial charge in [0.25, 0.3) is 0 Å². The highest BCUT2D eigenvalue weighted by atomic mass is 16.4. The molecule has 0 fully saturated rings. The van der Waals surface area contributed by atoms with Crippen molar-refractivity contribution in [2.24, 2.45) is 0 Å². The van der Waals surface area contributed by atoms with Gasteiger partial charge < -0.3 is 15.3 Å². The monoisotopic (exact) mass is 380 g/mol. The second-order valence-corrected chi connectivity index (χ2v) is 8.12. The number of rotatable bonds is 7. The van der Waals surface area contributed by atoms with Crippen LogP contribution in [0.5, 0.6) is 0 Å². The van der Waals surface area contributed by atoms with Crippen LogP contribution in [0.3, 0.4) is 0 Å². The van der Waals surface area contributed by atoms with E-state index in [1.807, 2.05) is 24.3 Å². The van der Waals surface area contributed by atoms with Crippen LogP contribution in [-0.4, -0.2) is 35.0 Å². The van der Waals surface area contributed by atoms with Crippen molar-refractivity contribution < 1.29 is 14.7 Å². The lowest BCUT2D eigenvalue weighted by molar-refractivity contribution is -0.140. The third-order valence-corrected chi connectivity index (χ3v) is 5.70. The lowest BCUT2D eigenvalue weighted by Gasteiger charge is -2.30. The molecule has 0 spiro atoms. The number of nitrogens with one attached hydrogen (secondary N) is 1. The third-order valence-electron chi connectivity index (χ3n) is 5.70. The summed E-state index contributed by atoms with van der Waals surface area (Å²) < 4.78 is 0. The maximum atomic E-state index is 12.0. The molecule has 3 rings (SSSR count). The van der Waals surface area contributed by atoms with Crippen LogP contribution < -0.4 is 5.32 Å². The van der Waals surface area contributed by atoms with Gasteiger partial charge in [-0.1, -0.05) is 50.2 Å². The van der Waals surface area contributed by atoms with Gasteiger partial charge in [-0.15, -0.1) is 0 Å². The van der Waals surface area contributed by atoms with Gasteiger partial charge in [0, 0.05) is 37.2 Å². The largest absolute Gasteiger partial charge is 0.481 e. The summed E-state index contributed by atoms with van der Waals surface area (Å²) in [4.78, 5) is 24.2. The van der Waals surface area contributed by atoms with E-state index in [1.165, 1.54) is 11.1 Å². The average molecular weight is 380 g/mol. The van der Waals surface area contributed by atoms with Gasteiger partial charge in [-0.25, -0.2) is 0 Å². The molecule has 2 N–H and O–H groups in total. The van der Waals surface area contributed by atoms with Gasteiger partial charge >= 0.3 is 5.97 Å². The second-order valence-electron chi connectivity index (χ2n) is 8.12. The van der Waals surface area contributed by atoms with Crippen molar-refractivity contribution in [3.63, 3.8) is 0 Å². The highest BCUT2D eigenvalue weighted by Gasteiger charge is 2.38. The van der Waals surface area contributed by atoms with Gasteiger partial charge in [-0.3, -0.25) is 9.59 Å². The first kappa shape index (κ1) is 19.9. The molecule has 1 amide bonds. The molecule has 0 saturated carbocycles. The first-order valence-electron chi connectivity index (χ1n) is 9.67. The molecule has 1 unspecified atom stereocenters. The summed E-state index contributed by atoms with van der Waals surface area (Å²) in [6, 6.07) is 17.1. The van der Waals surface area contributed by atoms with Gasteiger partial charge in [0.2, 0.25) is 5.91 Å². The van der Waals surface area contributed by atoms with Crippen molar-refractivity contribution in [1.82, 2.24) is 4.90 Å². The minimum Gasteiger partial charge on any atom is -0.481 e. The molecule has 0 bridgehead atoms. The number of carbonyl (C=O) groups excluding carboxylic acids is 1. The number of amides is 1. The summed E-state index contributed by atoms with van der Waals surface area (Å²) in [6.45, 7) is 5.03. The zero-order valence-electron chi connectivity index (χ0n) is 16.7. The molecule has 1 atom stereocenters. The molecular weight excluding hydrogens is 352 g/mol. The zero-order chi connectivity index (χ0) is 20.3. The Labute approximate surface area is 166 Å². The Morgan fingerprint density at radius 1 is 1.11 bits per heavy atom. The normalized spacial score (nSPS) is 17.0. The van der Waals surface area contributed by atoms with E-state index in [2.05, 4.69) is 43.4 Å². The summed E-state index contributed by atoms with van der Waals surface area (Å²) in [7, 11) is 1.70. The van der Waals surface area contributed by atoms with Crippen LogP contribution in [0, 0.1) is 0 Å². The molecule has 1 aliphatic carbocycles. The lowest BCUT2D eigenvalue weighted by atomic mass is 9.83. The van der Waals surface area contributed by atoms with Crippen LogP contribution in [0.25, 0.3) is 0 Å². The fourth-order valence-corrected chi connectivity index (χ4v) is 3.90. The fraction of sp³-hybridized carbons (Fsp3) is 0.391. The molecule has 1 aliphatic rings. The van der Waals surface area contributed by atoms with E-state index in [9.17, 15) is 9.59 Å².